The zero-order chi connectivity index (χ0) is 14.3. The molecular weight excluding hydrogens is 413 g/mol. The standard InChI is InChI=1S/C7H2ClF3INO4S/c8-18(16,17)6-2-5(13(14)15)4(12)1-3(6)7(9,10)11/h1-2H. The summed E-state index contributed by atoms with van der Waals surface area (Å²) in [6.07, 6.45) is -4.98. The van der Waals surface area contributed by atoms with Crippen molar-refractivity contribution >= 4 is 48.0 Å². The zero-order valence-electron chi connectivity index (χ0n) is 8.03. The number of hydrogen-bond acceptors (Lipinski definition) is 4. The molecule has 1 aromatic carbocycles. The first kappa shape index (κ1) is 15.4. The van der Waals surface area contributed by atoms with E-state index < -0.39 is 36.3 Å². The van der Waals surface area contributed by atoms with Crippen molar-refractivity contribution in [2.45, 2.75) is 11.1 Å². The second kappa shape index (κ2) is 4.81. The van der Waals surface area contributed by atoms with Gasteiger partial charge in [0, 0.05) is 16.7 Å². The van der Waals surface area contributed by atoms with Gasteiger partial charge in [0.2, 0.25) is 0 Å². The average molecular weight is 416 g/mol. The van der Waals surface area contributed by atoms with Crippen LogP contribution in [0.3, 0.4) is 0 Å². The summed E-state index contributed by atoms with van der Waals surface area (Å²) in [6.45, 7) is 0. The van der Waals surface area contributed by atoms with E-state index in [0.29, 0.717) is 12.1 Å². The van der Waals surface area contributed by atoms with Gasteiger partial charge in [-0.15, -0.1) is 0 Å². The second-order valence-corrected chi connectivity index (χ2v) is 6.69. The normalized spacial score (nSPS) is 12.5. The summed E-state index contributed by atoms with van der Waals surface area (Å²) in [5.74, 6) is 0. The smallest absolute Gasteiger partial charge is 0.258 e. The molecule has 0 amide bonds. The molecule has 1 aromatic rings. The van der Waals surface area contributed by atoms with Crippen LogP contribution in [0.2, 0.25) is 0 Å². The third-order valence-electron chi connectivity index (χ3n) is 1.81. The van der Waals surface area contributed by atoms with Crippen molar-refractivity contribution in [2.24, 2.45) is 0 Å². The van der Waals surface area contributed by atoms with Gasteiger partial charge in [-0.2, -0.15) is 13.2 Å². The molecule has 0 aliphatic rings. The molecule has 0 aliphatic heterocycles. The summed E-state index contributed by atoms with van der Waals surface area (Å²) in [4.78, 5) is 8.22. The predicted molar refractivity (Wildman–Crippen MR) is 63.9 cm³/mol. The Morgan fingerprint density at radius 3 is 2.17 bits per heavy atom. The minimum absolute atomic E-state index is 0.299. The fourth-order valence-electron chi connectivity index (χ4n) is 1.11. The van der Waals surface area contributed by atoms with Crippen molar-refractivity contribution in [1.29, 1.82) is 0 Å². The summed E-state index contributed by atoms with van der Waals surface area (Å²) in [5.41, 5.74) is -2.30. The van der Waals surface area contributed by atoms with Crippen molar-refractivity contribution in [3.05, 3.63) is 31.4 Å². The molecule has 11 heteroatoms. The highest BCUT2D eigenvalue weighted by molar-refractivity contribution is 14.1. The number of hydrogen-bond donors (Lipinski definition) is 0. The van der Waals surface area contributed by atoms with Gasteiger partial charge >= 0.3 is 6.18 Å². The summed E-state index contributed by atoms with van der Waals surface area (Å²) in [7, 11) is 0.101. The fraction of sp³-hybridized carbons (Fsp3) is 0.143. The van der Waals surface area contributed by atoms with Crippen molar-refractivity contribution in [1.82, 2.24) is 0 Å². The molecule has 0 aromatic heterocycles. The average Bonchev–Trinajstić information content (AvgIpc) is 2.13. The first-order chi connectivity index (χ1) is 7.94. The Hall–Kier alpha value is -0.620. The Bertz CT molecular complexity index is 616. The van der Waals surface area contributed by atoms with Crippen LogP contribution in [0.4, 0.5) is 18.9 Å². The maximum absolute atomic E-state index is 12.6. The zero-order valence-corrected chi connectivity index (χ0v) is 11.8. The van der Waals surface area contributed by atoms with E-state index in [2.05, 4.69) is 0 Å². The number of rotatable bonds is 2. The fourth-order valence-corrected chi connectivity index (χ4v) is 2.84. The lowest BCUT2D eigenvalue weighted by Crippen LogP contribution is -2.12. The number of nitrogens with zero attached hydrogens (tertiary/aromatic N) is 1. The molecule has 0 N–H and O–H groups in total. The van der Waals surface area contributed by atoms with E-state index in [9.17, 15) is 31.7 Å². The number of alkyl halides is 3. The lowest BCUT2D eigenvalue weighted by atomic mass is 10.2. The van der Waals surface area contributed by atoms with Gasteiger partial charge in [-0.1, -0.05) is 0 Å². The molecule has 5 nitrogen and oxygen atoms in total. The minimum atomic E-state index is -4.98. The summed E-state index contributed by atoms with van der Waals surface area (Å²) < 4.78 is 59.5. The molecule has 0 heterocycles. The molecule has 0 fully saturated rings. The van der Waals surface area contributed by atoms with Gasteiger partial charge in [-0.3, -0.25) is 10.1 Å². The topological polar surface area (TPSA) is 77.3 Å². The van der Waals surface area contributed by atoms with Crippen molar-refractivity contribution in [2.75, 3.05) is 0 Å². The van der Waals surface area contributed by atoms with Crippen LogP contribution >= 0.6 is 33.3 Å². The van der Waals surface area contributed by atoms with E-state index in [0.717, 1.165) is 0 Å². The minimum Gasteiger partial charge on any atom is -0.258 e. The maximum atomic E-state index is 12.6. The highest BCUT2D eigenvalue weighted by Gasteiger charge is 2.39. The largest absolute Gasteiger partial charge is 0.417 e. The van der Waals surface area contributed by atoms with Crippen LogP contribution in [-0.2, 0) is 15.2 Å². The van der Waals surface area contributed by atoms with Crippen molar-refractivity contribution < 1.29 is 26.5 Å². The van der Waals surface area contributed by atoms with Crippen LogP contribution in [0.15, 0.2) is 17.0 Å². The molecule has 0 spiro atoms. The highest BCUT2D eigenvalue weighted by atomic mass is 127. The molecule has 0 radical (unpaired) electrons. The van der Waals surface area contributed by atoms with Gasteiger partial charge in [0.15, 0.2) is 0 Å². The Morgan fingerprint density at radius 1 is 1.33 bits per heavy atom. The maximum Gasteiger partial charge on any atom is 0.417 e. The molecule has 0 unspecified atom stereocenters. The molecule has 0 bridgehead atoms. The molecule has 1 rings (SSSR count). The number of halogens is 5. The van der Waals surface area contributed by atoms with Gasteiger partial charge in [0.1, 0.15) is 4.90 Å². The third kappa shape index (κ3) is 3.23. The molecule has 100 valence electrons. The Labute approximate surface area is 117 Å². The second-order valence-electron chi connectivity index (χ2n) is 2.99. The quantitative estimate of drug-likeness (QED) is 0.322. The number of benzene rings is 1. The van der Waals surface area contributed by atoms with E-state index in [1.807, 2.05) is 0 Å². The van der Waals surface area contributed by atoms with Crippen molar-refractivity contribution in [3.63, 3.8) is 0 Å². The summed E-state index contributed by atoms with van der Waals surface area (Å²) in [5, 5.41) is 10.5. The van der Waals surface area contributed by atoms with Gasteiger partial charge in [0.05, 0.1) is 14.1 Å². The van der Waals surface area contributed by atoms with Crippen LogP contribution in [0.5, 0.6) is 0 Å². The highest BCUT2D eigenvalue weighted by Crippen LogP contribution is 2.39. The monoisotopic (exact) mass is 415 g/mol. The lowest BCUT2D eigenvalue weighted by molar-refractivity contribution is -0.386. The third-order valence-corrected chi connectivity index (χ3v) is 4.04. The predicted octanol–water partition coefficient (Wildman–Crippen LogP) is 3.15. The molecule has 0 atom stereocenters. The lowest BCUT2D eigenvalue weighted by Gasteiger charge is -2.11. The summed E-state index contributed by atoms with van der Waals surface area (Å²) >= 11 is 1.31. The van der Waals surface area contributed by atoms with Crippen LogP contribution < -0.4 is 0 Å². The molecular formula is C7H2ClF3INO4S. The van der Waals surface area contributed by atoms with E-state index in [4.69, 9.17) is 10.7 Å². The van der Waals surface area contributed by atoms with E-state index in [-0.39, 0.29) is 3.57 Å². The SMILES string of the molecule is O=[N+]([O-])c1cc(S(=O)(=O)Cl)c(C(F)(F)F)cc1I. The van der Waals surface area contributed by atoms with Crippen LogP contribution in [0.25, 0.3) is 0 Å². The Morgan fingerprint density at radius 2 is 1.83 bits per heavy atom. The molecule has 18 heavy (non-hydrogen) atoms. The Kier molecular flexibility index (Phi) is 4.13. The first-order valence-corrected chi connectivity index (χ1v) is 7.33. The summed E-state index contributed by atoms with van der Waals surface area (Å²) in [6, 6.07) is 0.668. The van der Waals surface area contributed by atoms with Gasteiger partial charge in [0.25, 0.3) is 14.7 Å². The molecule has 0 aliphatic carbocycles. The van der Waals surface area contributed by atoms with Crippen LogP contribution in [0.1, 0.15) is 5.56 Å². The Balaban J connectivity index is 3.75. The van der Waals surface area contributed by atoms with Gasteiger partial charge in [-0.05, 0) is 28.7 Å². The van der Waals surface area contributed by atoms with Gasteiger partial charge in [-0.25, -0.2) is 8.42 Å². The van der Waals surface area contributed by atoms with Crippen molar-refractivity contribution in [3.8, 4) is 0 Å². The van der Waals surface area contributed by atoms with Crippen LogP contribution in [-0.4, -0.2) is 13.3 Å². The van der Waals surface area contributed by atoms with Crippen LogP contribution in [0, 0.1) is 13.7 Å². The molecule has 0 saturated carbocycles. The van der Waals surface area contributed by atoms with E-state index in [1.165, 1.54) is 22.6 Å². The molecule has 0 saturated heterocycles. The number of nitro benzene ring substituents is 1. The van der Waals surface area contributed by atoms with Gasteiger partial charge < -0.3 is 0 Å². The first-order valence-electron chi connectivity index (χ1n) is 3.94. The van der Waals surface area contributed by atoms with E-state index >= 15 is 0 Å². The van der Waals surface area contributed by atoms with E-state index in [1.54, 1.807) is 0 Å². The number of nitro groups is 1.